The molecule has 2 aliphatic rings. The van der Waals surface area contributed by atoms with Gasteiger partial charge in [-0.25, -0.2) is 0 Å². The smallest absolute Gasteiger partial charge is 0.229 e. The van der Waals surface area contributed by atoms with Gasteiger partial charge < -0.3 is 64.9 Å². The van der Waals surface area contributed by atoms with Crippen molar-refractivity contribution >= 4 is 5.78 Å². The van der Waals surface area contributed by atoms with Gasteiger partial charge in [0.05, 0.1) is 13.2 Å². The number of hydrogen-bond donors (Lipinski definition) is 9. The molecule has 0 radical (unpaired) electrons. The molecule has 9 N–H and O–H groups in total. The molecule has 0 saturated carbocycles. The van der Waals surface area contributed by atoms with Gasteiger partial charge in [-0.1, -0.05) is 13.8 Å². The molecule has 0 unspecified atom stereocenters. The molecule has 1 aromatic carbocycles. The lowest BCUT2D eigenvalue weighted by Gasteiger charge is -2.41. The predicted molar refractivity (Wildman–Crippen MR) is 130 cm³/mol. The van der Waals surface area contributed by atoms with Crippen molar-refractivity contribution in [2.24, 2.45) is 5.92 Å². The van der Waals surface area contributed by atoms with E-state index < -0.39 is 86.2 Å². The average Bonchev–Trinajstić information content (AvgIpc) is 2.89. The van der Waals surface area contributed by atoms with Gasteiger partial charge in [0.25, 0.3) is 0 Å². The van der Waals surface area contributed by atoms with Crippen molar-refractivity contribution in [2.45, 2.75) is 95.5 Å². The number of hydrogen-bond acceptors (Lipinski definition) is 14. The minimum atomic E-state index is -1.83. The van der Waals surface area contributed by atoms with Gasteiger partial charge >= 0.3 is 0 Å². The third-order valence-corrected chi connectivity index (χ3v) is 6.88. The zero-order valence-corrected chi connectivity index (χ0v) is 22.0. The van der Waals surface area contributed by atoms with Crippen LogP contribution in [0, 0.1) is 19.8 Å². The van der Waals surface area contributed by atoms with Crippen molar-refractivity contribution < 1.29 is 69.7 Å². The summed E-state index contributed by atoms with van der Waals surface area (Å²) in [5.41, 5.74) is -0.194. The summed E-state index contributed by atoms with van der Waals surface area (Å²) in [6.07, 6.45) is -16.4. The van der Waals surface area contributed by atoms with Crippen LogP contribution < -0.4 is 9.47 Å². The Morgan fingerprint density at radius 3 is 1.59 bits per heavy atom. The number of ketones is 1. The summed E-state index contributed by atoms with van der Waals surface area (Å²) in [4.78, 5) is 13.2. The van der Waals surface area contributed by atoms with E-state index in [1.165, 1.54) is 13.8 Å². The molecule has 1 aromatic rings. The topological polar surface area (TPSA) is 236 Å². The SMILES string of the molecule is Cc1c(O)c(C(=O)CC(C)C)c(O[C@@H]2O[C@H](CO)[C@@H](O)[C@H](O)[C@H]2O)c(C)c1O[C@@H]1O[C@H](CO)[C@@H](O)[C@H](O)[C@H]1O. The normalized spacial score (nSPS) is 35.2. The second kappa shape index (κ2) is 12.6. The largest absolute Gasteiger partial charge is 0.507 e. The zero-order valence-electron chi connectivity index (χ0n) is 22.0. The summed E-state index contributed by atoms with van der Waals surface area (Å²) >= 11 is 0. The lowest BCUT2D eigenvalue weighted by Crippen LogP contribution is -2.60. The summed E-state index contributed by atoms with van der Waals surface area (Å²) in [5, 5.41) is 91.5. The minimum absolute atomic E-state index is 0.00953. The number of carbonyl (C=O) groups excluding carboxylic acids is 1. The van der Waals surface area contributed by atoms with Crippen LogP contribution in [0.4, 0.5) is 0 Å². The Kier molecular flexibility index (Phi) is 10.1. The lowest BCUT2D eigenvalue weighted by atomic mass is 9.94. The number of aliphatic hydroxyl groups is 8. The molecule has 222 valence electrons. The highest BCUT2D eigenvalue weighted by molar-refractivity contribution is 6.02. The molecule has 0 amide bonds. The molecule has 0 aromatic heterocycles. The standard InChI is InChI=1S/C25H38O14/c1-8(2)5-11(28)14-15(29)9(3)22(38-24-20(34)18(32)16(30)12(6-26)36-24)10(4)23(14)39-25-21(35)19(33)17(31)13(7-27)37-25/h8,12-13,16-21,24-27,29-35H,5-7H2,1-4H3/t12-,13-,16-,17-,18+,19+,20-,21-,24+,25+/m1/s1. The van der Waals surface area contributed by atoms with E-state index in [2.05, 4.69) is 0 Å². The summed E-state index contributed by atoms with van der Waals surface area (Å²) in [6.45, 7) is 4.96. The number of benzene rings is 1. The molecule has 3 rings (SSSR count). The number of aliphatic hydroxyl groups excluding tert-OH is 8. The van der Waals surface area contributed by atoms with Crippen LogP contribution in [0.25, 0.3) is 0 Å². The number of phenolic OH excluding ortho intramolecular Hbond substituents is 1. The van der Waals surface area contributed by atoms with Crippen LogP contribution >= 0.6 is 0 Å². The van der Waals surface area contributed by atoms with E-state index in [0.717, 1.165) is 0 Å². The fraction of sp³-hybridized carbons (Fsp3) is 0.720. The van der Waals surface area contributed by atoms with E-state index in [1.807, 2.05) is 0 Å². The van der Waals surface area contributed by atoms with E-state index in [1.54, 1.807) is 13.8 Å². The van der Waals surface area contributed by atoms with Gasteiger partial charge in [-0.15, -0.1) is 0 Å². The number of aromatic hydroxyl groups is 1. The van der Waals surface area contributed by atoms with E-state index in [9.17, 15) is 50.8 Å². The lowest BCUT2D eigenvalue weighted by molar-refractivity contribution is -0.279. The molecule has 39 heavy (non-hydrogen) atoms. The first kappa shape index (κ1) is 31.4. The summed E-state index contributed by atoms with van der Waals surface area (Å²) in [5.74, 6) is -1.69. The average molecular weight is 563 g/mol. The predicted octanol–water partition coefficient (Wildman–Crippen LogP) is -2.40. The maximum atomic E-state index is 13.2. The summed E-state index contributed by atoms with van der Waals surface area (Å²) in [7, 11) is 0. The summed E-state index contributed by atoms with van der Waals surface area (Å²) < 4.78 is 22.4. The molecule has 2 aliphatic heterocycles. The van der Waals surface area contributed by atoms with Crippen LogP contribution in [0.15, 0.2) is 0 Å². The second-order valence-corrected chi connectivity index (χ2v) is 10.3. The molecule has 0 bridgehead atoms. The Morgan fingerprint density at radius 1 is 0.744 bits per heavy atom. The Morgan fingerprint density at radius 2 is 1.18 bits per heavy atom. The first-order valence-corrected chi connectivity index (χ1v) is 12.6. The highest BCUT2D eigenvalue weighted by Crippen LogP contribution is 2.45. The van der Waals surface area contributed by atoms with Gasteiger partial charge in [-0.2, -0.15) is 0 Å². The van der Waals surface area contributed by atoms with Crippen LogP contribution in [0.5, 0.6) is 17.2 Å². The van der Waals surface area contributed by atoms with Gasteiger partial charge in [0.1, 0.15) is 71.6 Å². The van der Waals surface area contributed by atoms with E-state index in [-0.39, 0.29) is 40.5 Å². The fourth-order valence-corrected chi connectivity index (χ4v) is 4.59. The monoisotopic (exact) mass is 562 g/mol. The van der Waals surface area contributed by atoms with Gasteiger partial charge in [0.2, 0.25) is 12.6 Å². The number of carbonyl (C=O) groups is 1. The Hall–Kier alpha value is -2.11. The number of rotatable bonds is 9. The molecule has 0 spiro atoms. The maximum absolute atomic E-state index is 13.2. The van der Waals surface area contributed by atoms with Crippen LogP contribution in [0.3, 0.4) is 0 Å². The quantitative estimate of drug-likeness (QED) is 0.143. The van der Waals surface area contributed by atoms with E-state index in [0.29, 0.717) is 0 Å². The van der Waals surface area contributed by atoms with Crippen LogP contribution in [-0.4, -0.2) is 126 Å². The van der Waals surface area contributed by atoms with Gasteiger partial charge in [-0.3, -0.25) is 4.79 Å². The van der Waals surface area contributed by atoms with E-state index >= 15 is 0 Å². The first-order chi connectivity index (χ1) is 18.2. The highest BCUT2D eigenvalue weighted by Gasteiger charge is 2.47. The molecular formula is C25H38O14. The minimum Gasteiger partial charge on any atom is -0.507 e. The molecule has 14 nitrogen and oxygen atoms in total. The van der Waals surface area contributed by atoms with Crippen molar-refractivity contribution in [3.63, 3.8) is 0 Å². The molecular weight excluding hydrogens is 524 g/mol. The Balaban J connectivity index is 2.09. The zero-order chi connectivity index (χ0) is 29.3. The molecule has 10 atom stereocenters. The van der Waals surface area contributed by atoms with Crippen molar-refractivity contribution in [1.29, 1.82) is 0 Å². The molecule has 2 heterocycles. The van der Waals surface area contributed by atoms with Crippen LogP contribution in [0.1, 0.15) is 41.8 Å². The van der Waals surface area contributed by atoms with Crippen molar-refractivity contribution in [3.8, 4) is 17.2 Å². The number of phenols is 1. The second-order valence-electron chi connectivity index (χ2n) is 10.3. The first-order valence-electron chi connectivity index (χ1n) is 12.6. The third kappa shape index (κ3) is 6.15. The molecule has 0 aliphatic carbocycles. The van der Waals surface area contributed by atoms with Crippen molar-refractivity contribution in [3.05, 3.63) is 16.7 Å². The van der Waals surface area contributed by atoms with Crippen molar-refractivity contribution in [2.75, 3.05) is 13.2 Å². The van der Waals surface area contributed by atoms with Crippen LogP contribution in [0.2, 0.25) is 0 Å². The number of ether oxygens (including phenoxy) is 4. The molecule has 14 heteroatoms. The third-order valence-electron chi connectivity index (χ3n) is 6.88. The van der Waals surface area contributed by atoms with Gasteiger partial charge in [0, 0.05) is 17.5 Å². The molecule has 2 saturated heterocycles. The Labute approximate surface area is 224 Å². The summed E-state index contributed by atoms with van der Waals surface area (Å²) in [6, 6.07) is 0. The van der Waals surface area contributed by atoms with Gasteiger partial charge in [0.15, 0.2) is 5.78 Å². The number of Topliss-reactive ketones (excluding diaryl/α,β-unsaturated/α-hetero) is 1. The highest BCUT2D eigenvalue weighted by atomic mass is 16.7. The van der Waals surface area contributed by atoms with Crippen molar-refractivity contribution in [1.82, 2.24) is 0 Å². The van der Waals surface area contributed by atoms with E-state index in [4.69, 9.17) is 18.9 Å². The maximum Gasteiger partial charge on any atom is 0.229 e. The fourth-order valence-electron chi connectivity index (χ4n) is 4.59. The molecule has 2 fully saturated rings. The van der Waals surface area contributed by atoms with Gasteiger partial charge in [-0.05, 0) is 19.8 Å². The Bertz CT molecular complexity index is 1010. The van der Waals surface area contributed by atoms with Crippen LogP contribution in [-0.2, 0) is 9.47 Å².